The van der Waals surface area contributed by atoms with Gasteiger partial charge in [-0.25, -0.2) is 0 Å². The van der Waals surface area contributed by atoms with Gasteiger partial charge in [-0.3, -0.25) is 16.0 Å². The lowest BCUT2D eigenvalue weighted by Crippen LogP contribution is -2.68. The number of rotatable bonds is 3. The maximum absolute atomic E-state index is 5.69. The fourth-order valence-electron chi connectivity index (χ4n) is 1.14. The van der Waals surface area contributed by atoms with Crippen LogP contribution in [0.5, 0.6) is 0 Å². The van der Waals surface area contributed by atoms with Crippen molar-refractivity contribution in [3.05, 3.63) is 0 Å². The van der Waals surface area contributed by atoms with E-state index in [-0.39, 0.29) is 18.5 Å². The van der Waals surface area contributed by atoms with Crippen molar-refractivity contribution >= 4 is 34.8 Å². The van der Waals surface area contributed by atoms with Crippen LogP contribution in [0.3, 0.4) is 0 Å². The third-order valence-electron chi connectivity index (χ3n) is 1.67. The van der Waals surface area contributed by atoms with Crippen LogP contribution in [0, 0.1) is 0 Å². The van der Waals surface area contributed by atoms with E-state index in [4.69, 9.17) is 34.8 Å². The molecular weight excluding hydrogens is 220 g/mol. The molecule has 0 saturated carbocycles. The van der Waals surface area contributed by atoms with Crippen molar-refractivity contribution in [1.29, 1.82) is 0 Å². The predicted octanol–water partition coefficient (Wildman–Crippen LogP) is 0.463. The molecule has 72 valence electrons. The molecule has 0 unspecified atom stereocenters. The van der Waals surface area contributed by atoms with Gasteiger partial charge in [0.2, 0.25) is 0 Å². The lowest BCUT2D eigenvalue weighted by molar-refractivity contribution is 0.239. The first kappa shape index (κ1) is 10.8. The molecule has 1 rings (SSSR count). The summed E-state index contributed by atoms with van der Waals surface area (Å²) in [5.41, 5.74) is 0. The van der Waals surface area contributed by atoms with Crippen LogP contribution in [-0.2, 0) is 0 Å². The van der Waals surface area contributed by atoms with Crippen molar-refractivity contribution in [2.75, 3.05) is 17.6 Å². The van der Waals surface area contributed by atoms with Crippen LogP contribution in [0.25, 0.3) is 0 Å². The van der Waals surface area contributed by atoms with Gasteiger partial charge in [-0.2, -0.15) is 0 Å². The third-order valence-corrected chi connectivity index (χ3v) is 2.60. The molecule has 0 aromatic carbocycles. The summed E-state index contributed by atoms with van der Waals surface area (Å²) in [4.78, 5) is 0. The largest absolute Gasteiger partial charge is 0.284 e. The first-order valence-corrected chi connectivity index (χ1v) is 5.36. The highest BCUT2D eigenvalue weighted by Gasteiger charge is 2.24. The second-order valence-electron chi connectivity index (χ2n) is 2.62. The molecule has 1 saturated heterocycles. The van der Waals surface area contributed by atoms with Crippen molar-refractivity contribution < 1.29 is 0 Å². The second-order valence-corrected chi connectivity index (χ2v) is 3.55. The third kappa shape index (κ3) is 2.91. The Morgan fingerprint density at radius 2 is 0.917 bits per heavy atom. The predicted molar refractivity (Wildman–Crippen MR) is 52.9 cm³/mol. The highest BCUT2D eigenvalue weighted by Crippen LogP contribution is 1.99. The van der Waals surface area contributed by atoms with Gasteiger partial charge >= 0.3 is 0 Å². The molecule has 1 fully saturated rings. The molecule has 0 radical (unpaired) electrons. The van der Waals surface area contributed by atoms with Crippen LogP contribution in [0.4, 0.5) is 0 Å². The summed E-state index contributed by atoms with van der Waals surface area (Å²) in [6.07, 6.45) is 0.251. The summed E-state index contributed by atoms with van der Waals surface area (Å²) >= 11 is 17.1. The second kappa shape index (κ2) is 5.47. The molecule has 1 aliphatic heterocycles. The molecule has 0 amide bonds. The molecule has 0 spiro atoms. The minimum absolute atomic E-state index is 0.0837. The van der Waals surface area contributed by atoms with Gasteiger partial charge in [-0.05, 0) is 0 Å². The molecule has 0 aliphatic carbocycles. The summed E-state index contributed by atoms with van der Waals surface area (Å²) in [5.74, 6) is 1.51. The van der Waals surface area contributed by atoms with Crippen LogP contribution in [-0.4, -0.2) is 36.1 Å². The van der Waals surface area contributed by atoms with Gasteiger partial charge in [0.15, 0.2) is 0 Å². The zero-order chi connectivity index (χ0) is 8.97. The lowest BCUT2D eigenvalue weighted by Gasteiger charge is -2.36. The molecule has 6 heteroatoms. The van der Waals surface area contributed by atoms with Gasteiger partial charge in [-0.15, -0.1) is 34.8 Å². The summed E-state index contributed by atoms with van der Waals surface area (Å²) in [6.45, 7) is 0. The number of alkyl halides is 3. The van der Waals surface area contributed by atoms with Gasteiger partial charge in [0.05, 0.1) is 36.1 Å². The Bertz CT molecular complexity index is 105. The Labute approximate surface area is 87.1 Å². The SMILES string of the molecule is ClCC1NC(CCl)NC(CCl)N1. The number of nitrogens with one attached hydrogen (secondary N) is 3. The van der Waals surface area contributed by atoms with Crippen molar-refractivity contribution in [2.45, 2.75) is 18.5 Å². The van der Waals surface area contributed by atoms with Crippen molar-refractivity contribution in [3.8, 4) is 0 Å². The minimum Gasteiger partial charge on any atom is -0.284 e. The van der Waals surface area contributed by atoms with E-state index in [0.29, 0.717) is 17.6 Å². The summed E-state index contributed by atoms with van der Waals surface area (Å²) in [7, 11) is 0. The van der Waals surface area contributed by atoms with E-state index in [1.54, 1.807) is 0 Å². The Morgan fingerprint density at radius 3 is 1.08 bits per heavy atom. The molecule has 1 heterocycles. The Hall–Kier alpha value is 0.750. The molecule has 3 nitrogen and oxygen atoms in total. The van der Waals surface area contributed by atoms with Gasteiger partial charge in [0, 0.05) is 0 Å². The van der Waals surface area contributed by atoms with Crippen LogP contribution < -0.4 is 16.0 Å². The molecule has 1 aliphatic rings. The first-order chi connectivity index (χ1) is 5.80. The number of hydrogen-bond donors (Lipinski definition) is 3. The maximum atomic E-state index is 5.69. The smallest absolute Gasteiger partial charge is 0.0735 e. The topological polar surface area (TPSA) is 36.1 Å². The van der Waals surface area contributed by atoms with E-state index in [0.717, 1.165) is 0 Å². The monoisotopic (exact) mass is 231 g/mol. The van der Waals surface area contributed by atoms with E-state index in [2.05, 4.69) is 16.0 Å². The van der Waals surface area contributed by atoms with E-state index in [9.17, 15) is 0 Å². The number of hydrogen-bond acceptors (Lipinski definition) is 3. The van der Waals surface area contributed by atoms with E-state index in [1.165, 1.54) is 0 Å². The average molecular weight is 233 g/mol. The van der Waals surface area contributed by atoms with E-state index in [1.807, 2.05) is 0 Å². The normalized spacial score (nSPS) is 36.8. The summed E-state index contributed by atoms with van der Waals surface area (Å²) < 4.78 is 0. The van der Waals surface area contributed by atoms with Crippen LogP contribution in [0.2, 0.25) is 0 Å². The van der Waals surface area contributed by atoms with Crippen molar-refractivity contribution in [3.63, 3.8) is 0 Å². The van der Waals surface area contributed by atoms with E-state index < -0.39 is 0 Å². The fourth-order valence-corrected chi connectivity index (χ4v) is 1.67. The molecule has 0 aromatic rings. The molecule has 3 N–H and O–H groups in total. The first-order valence-electron chi connectivity index (χ1n) is 3.76. The minimum atomic E-state index is 0.0837. The average Bonchev–Trinajstić information content (AvgIpc) is 2.16. The van der Waals surface area contributed by atoms with Gasteiger partial charge in [0.25, 0.3) is 0 Å². The molecule has 0 atom stereocenters. The zero-order valence-corrected chi connectivity index (χ0v) is 8.76. The summed E-state index contributed by atoms with van der Waals surface area (Å²) in [6, 6.07) is 0. The Kier molecular flexibility index (Phi) is 4.94. The standard InChI is InChI=1S/C6H12Cl3N3/c7-1-4-10-5(2-8)12-6(3-9)11-4/h4-6,10-12H,1-3H2. The quantitative estimate of drug-likeness (QED) is 0.619. The number of halogens is 3. The highest BCUT2D eigenvalue weighted by molar-refractivity contribution is 6.19. The van der Waals surface area contributed by atoms with Gasteiger partial charge in [0.1, 0.15) is 0 Å². The maximum Gasteiger partial charge on any atom is 0.0735 e. The lowest BCUT2D eigenvalue weighted by atomic mass is 10.3. The molecule has 12 heavy (non-hydrogen) atoms. The van der Waals surface area contributed by atoms with Crippen LogP contribution in [0.1, 0.15) is 0 Å². The Morgan fingerprint density at radius 1 is 0.667 bits per heavy atom. The van der Waals surface area contributed by atoms with Gasteiger partial charge < -0.3 is 0 Å². The van der Waals surface area contributed by atoms with Crippen LogP contribution >= 0.6 is 34.8 Å². The summed E-state index contributed by atoms with van der Waals surface area (Å²) in [5, 5.41) is 9.52. The van der Waals surface area contributed by atoms with Crippen molar-refractivity contribution in [2.24, 2.45) is 0 Å². The van der Waals surface area contributed by atoms with Gasteiger partial charge in [-0.1, -0.05) is 0 Å². The molecule has 0 aromatic heterocycles. The van der Waals surface area contributed by atoms with Crippen LogP contribution in [0.15, 0.2) is 0 Å². The highest BCUT2D eigenvalue weighted by atomic mass is 35.5. The zero-order valence-electron chi connectivity index (χ0n) is 6.49. The molecular formula is C6H12Cl3N3. The van der Waals surface area contributed by atoms with E-state index >= 15 is 0 Å². The van der Waals surface area contributed by atoms with Crippen molar-refractivity contribution in [1.82, 2.24) is 16.0 Å². The Balaban J connectivity index is 2.41. The molecule has 0 bridgehead atoms. The fraction of sp³-hybridized carbons (Fsp3) is 1.00.